The first-order valence-corrected chi connectivity index (χ1v) is 7.60. The molecule has 1 N–H and O–H groups in total. The van der Waals surface area contributed by atoms with Crippen LogP contribution >= 0.6 is 0 Å². The molecule has 0 saturated carbocycles. The topological polar surface area (TPSA) is 49.0 Å². The molecule has 1 unspecified atom stereocenters. The zero-order valence-corrected chi connectivity index (χ0v) is 12.4. The summed E-state index contributed by atoms with van der Waals surface area (Å²) in [7, 11) is 0. The lowest BCUT2D eigenvalue weighted by molar-refractivity contribution is 0.453. The Bertz CT molecular complexity index is 666. The van der Waals surface area contributed by atoms with Gasteiger partial charge in [0.2, 0.25) is 5.76 Å². The van der Waals surface area contributed by atoms with Gasteiger partial charge in [-0.25, -0.2) is 0 Å². The van der Waals surface area contributed by atoms with E-state index in [-0.39, 0.29) is 6.04 Å². The van der Waals surface area contributed by atoms with Gasteiger partial charge in [0.05, 0.1) is 6.54 Å². The van der Waals surface area contributed by atoms with E-state index < -0.39 is 0 Å². The lowest BCUT2D eigenvalue weighted by atomic mass is 9.89. The molecule has 3 heteroatoms. The first-order valence-electron chi connectivity index (χ1n) is 7.60. The molecule has 3 nitrogen and oxygen atoms in total. The third-order valence-corrected chi connectivity index (χ3v) is 4.23. The Morgan fingerprint density at radius 3 is 2.76 bits per heavy atom. The molecule has 0 amide bonds. The SMILES string of the molecule is CC(NCc1ccc(C#N)o1)c1ccc2c(c1)CCCC2. The zero-order chi connectivity index (χ0) is 14.7. The molecular formula is C18H20N2O. The lowest BCUT2D eigenvalue weighted by Gasteiger charge is -2.19. The average Bonchev–Trinajstić information content (AvgIpc) is 3.00. The average molecular weight is 280 g/mol. The van der Waals surface area contributed by atoms with E-state index in [2.05, 4.69) is 30.4 Å². The second-order valence-corrected chi connectivity index (χ2v) is 5.72. The van der Waals surface area contributed by atoms with Gasteiger partial charge in [-0.2, -0.15) is 5.26 Å². The molecule has 0 spiro atoms. The van der Waals surface area contributed by atoms with Gasteiger partial charge in [0.1, 0.15) is 11.8 Å². The van der Waals surface area contributed by atoms with E-state index in [0.717, 1.165) is 5.76 Å². The molecule has 0 radical (unpaired) electrons. The minimum absolute atomic E-state index is 0.271. The number of hydrogen-bond acceptors (Lipinski definition) is 3. The quantitative estimate of drug-likeness (QED) is 0.924. The molecule has 108 valence electrons. The van der Waals surface area contributed by atoms with E-state index in [4.69, 9.17) is 9.68 Å². The molecule has 1 aliphatic rings. The Labute approximate surface area is 125 Å². The van der Waals surface area contributed by atoms with Gasteiger partial charge in [-0.1, -0.05) is 18.2 Å². The second-order valence-electron chi connectivity index (χ2n) is 5.72. The summed E-state index contributed by atoms with van der Waals surface area (Å²) in [6.07, 6.45) is 5.06. The maximum Gasteiger partial charge on any atom is 0.203 e. The molecule has 1 aromatic heterocycles. The number of nitrogens with zero attached hydrogens (tertiary/aromatic N) is 1. The van der Waals surface area contributed by atoms with Crippen LogP contribution in [0.15, 0.2) is 34.7 Å². The van der Waals surface area contributed by atoms with Gasteiger partial charge in [0.25, 0.3) is 0 Å². The molecule has 0 aliphatic heterocycles. The minimum Gasteiger partial charge on any atom is -0.449 e. The summed E-state index contributed by atoms with van der Waals surface area (Å²) in [5.41, 5.74) is 4.35. The standard InChI is InChI=1S/C18H20N2O/c1-13(20-12-18-9-8-17(11-19)21-18)15-7-6-14-4-2-3-5-16(14)10-15/h6-10,13,20H,2-5,12H2,1H3. The first kappa shape index (κ1) is 13.9. The van der Waals surface area contributed by atoms with Gasteiger partial charge in [-0.05, 0) is 61.4 Å². The molecule has 1 atom stereocenters. The third kappa shape index (κ3) is 3.17. The van der Waals surface area contributed by atoms with Gasteiger partial charge in [-0.3, -0.25) is 0 Å². The van der Waals surface area contributed by atoms with Crippen molar-refractivity contribution in [1.29, 1.82) is 5.26 Å². The molecular weight excluding hydrogens is 260 g/mol. The van der Waals surface area contributed by atoms with Crippen molar-refractivity contribution in [3.8, 4) is 6.07 Å². The third-order valence-electron chi connectivity index (χ3n) is 4.23. The van der Waals surface area contributed by atoms with Gasteiger partial charge in [0, 0.05) is 6.04 Å². The van der Waals surface area contributed by atoms with Crippen molar-refractivity contribution in [2.24, 2.45) is 0 Å². The van der Waals surface area contributed by atoms with Crippen molar-refractivity contribution in [1.82, 2.24) is 5.32 Å². The van der Waals surface area contributed by atoms with Crippen molar-refractivity contribution in [2.45, 2.75) is 45.2 Å². The predicted molar refractivity (Wildman–Crippen MR) is 81.8 cm³/mol. The Hall–Kier alpha value is -2.05. The van der Waals surface area contributed by atoms with Gasteiger partial charge >= 0.3 is 0 Å². The molecule has 3 rings (SSSR count). The van der Waals surface area contributed by atoms with Crippen molar-refractivity contribution in [3.05, 3.63) is 58.5 Å². The number of rotatable bonds is 4. The van der Waals surface area contributed by atoms with Crippen LogP contribution in [0.5, 0.6) is 0 Å². The Morgan fingerprint density at radius 1 is 1.19 bits per heavy atom. The fourth-order valence-corrected chi connectivity index (χ4v) is 2.93. The minimum atomic E-state index is 0.271. The Kier molecular flexibility index (Phi) is 4.08. The first-order chi connectivity index (χ1) is 10.3. The summed E-state index contributed by atoms with van der Waals surface area (Å²) in [6.45, 7) is 2.80. The highest BCUT2D eigenvalue weighted by molar-refractivity contribution is 5.35. The van der Waals surface area contributed by atoms with Crippen LogP contribution in [-0.4, -0.2) is 0 Å². The monoisotopic (exact) mass is 280 g/mol. The molecule has 0 fully saturated rings. The zero-order valence-electron chi connectivity index (χ0n) is 12.4. The highest BCUT2D eigenvalue weighted by Crippen LogP contribution is 2.25. The van der Waals surface area contributed by atoms with Gasteiger partial charge in [-0.15, -0.1) is 0 Å². The van der Waals surface area contributed by atoms with Crippen LogP contribution in [0.1, 0.15) is 54.0 Å². The van der Waals surface area contributed by atoms with E-state index in [1.165, 1.54) is 42.4 Å². The number of nitriles is 1. The molecule has 1 heterocycles. The number of aryl methyl sites for hydroxylation is 2. The van der Waals surface area contributed by atoms with Crippen LogP contribution in [0.2, 0.25) is 0 Å². The summed E-state index contributed by atoms with van der Waals surface area (Å²) in [4.78, 5) is 0. The van der Waals surface area contributed by atoms with E-state index in [1.54, 1.807) is 6.07 Å². The van der Waals surface area contributed by atoms with Gasteiger partial charge in [0.15, 0.2) is 0 Å². The maximum absolute atomic E-state index is 8.75. The normalized spacial score (nSPS) is 15.2. The smallest absolute Gasteiger partial charge is 0.203 e. The number of benzene rings is 1. The number of nitrogens with one attached hydrogen (secondary N) is 1. The maximum atomic E-state index is 8.75. The van der Waals surface area contributed by atoms with Crippen LogP contribution in [-0.2, 0) is 19.4 Å². The fourth-order valence-electron chi connectivity index (χ4n) is 2.93. The molecule has 21 heavy (non-hydrogen) atoms. The van der Waals surface area contributed by atoms with E-state index in [1.807, 2.05) is 12.1 Å². The molecule has 0 bridgehead atoms. The van der Waals surface area contributed by atoms with E-state index >= 15 is 0 Å². The van der Waals surface area contributed by atoms with Crippen molar-refractivity contribution in [3.63, 3.8) is 0 Å². The lowest BCUT2D eigenvalue weighted by Crippen LogP contribution is -2.18. The molecule has 1 aliphatic carbocycles. The van der Waals surface area contributed by atoms with Crippen LogP contribution in [0.3, 0.4) is 0 Å². The number of furan rings is 1. The highest BCUT2D eigenvalue weighted by atomic mass is 16.3. The summed E-state index contributed by atoms with van der Waals surface area (Å²) < 4.78 is 5.39. The van der Waals surface area contributed by atoms with Crippen molar-refractivity contribution >= 4 is 0 Å². The number of hydrogen-bond donors (Lipinski definition) is 1. The van der Waals surface area contributed by atoms with Crippen LogP contribution < -0.4 is 5.32 Å². The summed E-state index contributed by atoms with van der Waals surface area (Å²) in [5.74, 6) is 1.17. The number of fused-ring (bicyclic) bond motifs is 1. The summed E-state index contributed by atoms with van der Waals surface area (Å²) >= 11 is 0. The largest absolute Gasteiger partial charge is 0.449 e. The van der Waals surface area contributed by atoms with Crippen LogP contribution in [0.25, 0.3) is 0 Å². The molecule has 1 aromatic carbocycles. The van der Waals surface area contributed by atoms with Crippen molar-refractivity contribution in [2.75, 3.05) is 0 Å². The second kappa shape index (κ2) is 6.15. The van der Waals surface area contributed by atoms with E-state index in [0.29, 0.717) is 12.3 Å². The fraction of sp³-hybridized carbons (Fsp3) is 0.389. The Balaban J connectivity index is 1.65. The molecule has 2 aromatic rings. The highest BCUT2D eigenvalue weighted by Gasteiger charge is 2.12. The summed E-state index contributed by atoms with van der Waals surface area (Å²) in [5, 5.41) is 12.2. The van der Waals surface area contributed by atoms with Crippen molar-refractivity contribution < 1.29 is 4.42 Å². The van der Waals surface area contributed by atoms with Crippen LogP contribution in [0, 0.1) is 11.3 Å². The summed E-state index contributed by atoms with van der Waals surface area (Å²) in [6, 6.07) is 12.7. The predicted octanol–water partition coefficient (Wildman–Crippen LogP) is 3.88. The molecule has 0 saturated heterocycles. The van der Waals surface area contributed by atoms with Gasteiger partial charge < -0.3 is 9.73 Å². The van der Waals surface area contributed by atoms with Crippen LogP contribution in [0.4, 0.5) is 0 Å². The van der Waals surface area contributed by atoms with E-state index in [9.17, 15) is 0 Å². The Morgan fingerprint density at radius 2 is 2.00 bits per heavy atom.